The molecule has 0 aromatic carbocycles. The number of rotatable bonds is 7. The summed E-state index contributed by atoms with van der Waals surface area (Å²) in [5.41, 5.74) is 0. The predicted octanol–water partition coefficient (Wildman–Crippen LogP) is -0.379. The van der Waals surface area contributed by atoms with Crippen molar-refractivity contribution in [3.63, 3.8) is 0 Å². The summed E-state index contributed by atoms with van der Waals surface area (Å²) < 4.78 is 26.9. The summed E-state index contributed by atoms with van der Waals surface area (Å²) in [6.45, 7) is 3.18. The summed E-state index contributed by atoms with van der Waals surface area (Å²) >= 11 is 0. The van der Waals surface area contributed by atoms with Gasteiger partial charge in [0.25, 0.3) is 0 Å². The summed E-state index contributed by atoms with van der Waals surface area (Å²) in [7, 11) is 0.401. The molecule has 0 aliphatic rings. The van der Waals surface area contributed by atoms with Crippen molar-refractivity contribution in [2.45, 2.75) is 19.4 Å². The Hall–Kier alpha value is -0.820. The molecule has 0 saturated heterocycles. The minimum atomic E-state index is -2.90. The van der Waals surface area contributed by atoms with Crippen LogP contribution in [0.2, 0.25) is 0 Å². The highest BCUT2D eigenvalue weighted by Crippen LogP contribution is 1.95. The van der Waals surface area contributed by atoms with Crippen LogP contribution in [0.1, 0.15) is 13.3 Å². The van der Waals surface area contributed by atoms with Gasteiger partial charge >= 0.3 is 0 Å². The van der Waals surface area contributed by atoms with Crippen molar-refractivity contribution in [3.8, 4) is 0 Å². The number of nitrogens with zero attached hydrogens (tertiary/aromatic N) is 1. The van der Waals surface area contributed by atoms with E-state index in [9.17, 15) is 8.42 Å². The van der Waals surface area contributed by atoms with Crippen molar-refractivity contribution in [1.82, 2.24) is 10.6 Å². The van der Waals surface area contributed by atoms with Crippen LogP contribution in [0.5, 0.6) is 0 Å². The SMILES string of the molecule is CN=C(NCCOC)NC(C)CCS(C)(=O)=O. The Bertz CT molecular complexity index is 328. The average molecular weight is 265 g/mol. The number of sulfone groups is 1. The van der Waals surface area contributed by atoms with Crippen molar-refractivity contribution in [3.05, 3.63) is 0 Å². The summed E-state index contributed by atoms with van der Waals surface area (Å²) in [6, 6.07) is 0.0541. The molecule has 0 fully saturated rings. The first-order valence-electron chi connectivity index (χ1n) is 5.53. The lowest BCUT2D eigenvalue weighted by Crippen LogP contribution is -2.43. The van der Waals surface area contributed by atoms with E-state index in [0.29, 0.717) is 25.5 Å². The molecular formula is C10H23N3O3S. The molecule has 2 N–H and O–H groups in total. The predicted molar refractivity (Wildman–Crippen MR) is 70.2 cm³/mol. The van der Waals surface area contributed by atoms with E-state index in [-0.39, 0.29) is 11.8 Å². The summed E-state index contributed by atoms with van der Waals surface area (Å²) in [6.07, 6.45) is 1.80. The fraction of sp³-hybridized carbons (Fsp3) is 0.900. The molecule has 0 aromatic heterocycles. The number of methoxy groups -OCH3 is 1. The maximum Gasteiger partial charge on any atom is 0.191 e. The Labute approximate surface area is 104 Å². The van der Waals surface area contributed by atoms with Gasteiger partial charge in [-0.3, -0.25) is 4.99 Å². The minimum Gasteiger partial charge on any atom is -0.383 e. The van der Waals surface area contributed by atoms with Gasteiger partial charge in [0.15, 0.2) is 5.96 Å². The maximum absolute atomic E-state index is 11.0. The van der Waals surface area contributed by atoms with E-state index in [1.54, 1.807) is 14.2 Å². The number of guanidine groups is 1. The standard InChI is InChI=1S/C10H23N3O3S/c1-9(5-8-17(4,14)15)13-10(11-2)12-6-7-16-3/h9H,5-8H2,1-4H3,(H2,11,12,13). The number of ether oxygens (including phenoxy) is 1. The lowest BCUT2D eigenvalue weighted by molar-refractivity contribution is 0.203. The topological polar surface area (TPSA) is 79.8 Å². The van der Waals surface area contributed by atoms with Crippen LogP contribution in [0.25, 0.3) is 0 Å². The second-order valence-corrected chi connectivity index (χ2v) is 6.22. The zero-order valence-corrected chi connectivity index (χ0v) is 11.8. The third kappa shape index (κ3) is 10.1. The van der Waals surface area contributed by atoms with Gasteiger partial charge < -0.3 is 15.4 Å². The van der Waals surface area contributed by atoms with Crippen molar-refractivity contribution in [2.24, 2.45) is 4.99 Å². The molecule has 0 heterocycles. The Morgan fingerprint density at radius 3 is 2.59 bits per heavy atom. The average Bonchev–Trinajstić information content (AvgIpc) is 2.24. The van der Waals surface area contributed by atoms with Crippen molar-refractivity contribution in [2.75, 3.05) is 39.3 Å². The highest BCUT2D eigenvalue weighted by atomic mass is 32.2. The highest BCUT2D eigenvalue weighted by molar-refractivity contribution is 7.90. The van der Waals surface area contributed by atoms with Crippen LogP contribution >= 0.6 is 0 Å². The van der Waals surface area contributed by atoms with Gasteiger partial charge in [-0.05, 0) is 13.3 Å². The van der Waals surface area contributed by atoms with Crippen molar-refractivity contribution >= 4 is 15.8 Å². The van der Waals surface area contributed by atoms with E-state index in [4.69, 9.17) is 4.74 Å². The van der Waals surface area contributed by atoms with Gasteiger partial charge in [-0.15, -0.1) is 0 Å². The van der Waals surface area contributed by atoms with Gasteiger partial charge in [-0.25, -0.2) is 8.42 Å². The summed E-state index contributed by atoms with van der Waals surface area (Å²) in [5, 5.41) is 6.18. The van der Waals surface area contributed by atoms with E-state index >= 15 is 0 Å². The third-order valence-corrected chi connectivity index (χ3v) is 3.10. The Kier molecular flexibility index (Phi) is 7.90. The van der Waals surface area contributed by atoms with Gasteiger partial charge in [-0.1, -0.05) is 0 Å². The van der Waals surface area contributed by atoms with E-state index < -0.39 is 9.84 Å². The molecule has 0 radical (unpaired) electrons. The summed E-state index contributed by atoms with van der Waals surface area (Å²) in [4.78, 5) is 4.03. The Morgan fingerprint density at radius 2 is 2.12 bits per heavy atom. The first-order valence-corrected chi connectivity index (χ1v) is 7.59. The van der Waals surface area contributed by atoms with Crippen LogP contribution < -0.4 is 10.6 Å². The molecule has 0 saturated carbocycles. The molecule has 0 bridgehead atoms. The Morgan fingerprint density at radius 1 is 1.47 bits per heavy atom. The second-order valence-electron chi connectivity index (χ2n) is 3.96. The van der Waals surface area contributed by atoms with Crippen molar-refractivity contribution in [1.29, 1.82) is 0 Å². The molecule has 102 valence electrons. The first-order chi connectivity index (χ1) is 7.89. The molecule has 7 heteroatoms. The molecule has 1 atom stereocenters. The molecule has 1 unspecified atom stereocenters. The fourth-order valence-electron chi connectivity index (χ4n) is 1.16. The lowest BCUT2D eigenvalue weighted by atomic mass is 10.3. The van der Waals surface area contributed by atoms with Crippen LogP contribution in [0.3, 0.4) is 0 Å². The van der Waals surface area contributed by atoms with Crippen LogP contribution in [0, 0.1) is 0 Å². The van der Waals surface area contributed by atoms with Crippen LogP contribution in [0.4, 0.5) is 0 Å². The largest absolute Gasteiger partial charge is 0.383 e. The highest BCUT2D eigenvalue weighted by Gasteiger charge is 2.08. The van der Waals surface area contributed by atoms with Gasteiger partial charge in [0.05, 0.1) is 12.4 Å². The minimum absolute atomic E-state index is 0.0541. The van der Waals surface area contributed by atoms with Gasteiger partial charge in [-0.2, -0.15) is 0 Å². The smallest absolute Gasteiger partial charge is 0.191 e. The third-order valence-electron chi connectivity index (χ3n) is 2.13. The fourth-order valence-corrected chi connectivity index (χ4v) is 1.94. The molecule has 0 aliphatic carbocycles. The quantitative estimate of drug-likeness (QED) is 0.373. The number of hydrogen-bond acceptors (Lipinski definition) is 4. The molecule has 0 aliphatic heterocycles. The molecule has 0 amide bonds. The molecule has 0 spiro atoms. The van der Waals surface area contributed by atoms with E-state index in [1.165, 1.54) is 6.26 Å². The number of hydrogen-bond donors (Lipinski definition) is 2. The summed E-state index contributed by atoms with van der Waals surface area (Å²) in [5.74, 6) is 0.832. The maximum atomic E-state index is 11.0. The normalized spacial score (nSPS) is 14.5. The molecule has 6 nitrogen and oxygen atoms in total. The van der Waals surface area contributed by atoms with Gasteiger partial charge in [0.2, 0.25) is 0 Å². The molecular weight excluding hydrogens is 242 g/mol. The number of aliphatic imine (C=N–C) groups is 1. The van der Waals surface area contributed by atoms with E-state index in [1.807, 2.05) is 6.92 Å². The van der Waals surface area contributed by atoms with Gasteiger partial charge in [0, 0.05) is 33.0 Å². The van der Waals surface area contributed by atoms with Gasteiger partial charge in [0.1, 0.15) is 9.84 Å². The van der Waals surface area contributed by atoms with E-state index in [0.717, 1.165) is 0 Å². The zero-order chi connectivity index (χ0) is 13.3. The van der Waals surface area contributed by atoms with Crippen molar-refractivity contribution < 1.29 is 13.2 Å². The monoisotopic (exact) mass is 265 g/mol. The molecule has 17 heavy (non-hydrogen) atoms. The van der Waals surface area contributed by atoms with Crippen LogP contribution in [-0.2, 0) is 14.6 Å². The molecule has 0 aromatic rings. The second kappa shape index (κ2) is 8.30. The van der Waals surface area contributed by atoms with Crippen LogP contribution in [-0.4, -0.2) is 59.7 Å². The zero-order valence-electron chi connectivity index (χ0n) is 11.0. The molecule has 0 rings (SSSR count). The number of nitrogens with one attached hydrogen (secondary N) is 2. The van der Waals surface area contributed by atoms with E-state index in [2.05, 4.69) is 15.6 Å². The first kappa shape index (κ1) is 16.2. The Balaban J connectivity index is 3.95. The van der Waals surface area contributed by atoms with Crippen LogP contribution in [0.15, 0.2) is 4.99 Å². The lowest BCUT2D eigenvalue weighted by Gasteiger charge is -2.17.